The molecule has 3 nitrogen and oxygen atoms in total. The van der Waals surface area contributed by atoms with E-state index in [0.717, 1.165) is 31.4 Å². The van der Waals surface area contributed by atoms with Crippen LogP contribution in [0.5, 0.6) is 0 Å². The molecule has 0 saturated carbocycles. The maximum atomic E-state index is 13.0. The number of rotatable bonds is 8. The minimum absolute atomic E-state index is 0. The third-order valence-electron chi connectivity index (χ3n) is 3.81. The number of amides is 1. The molecule has 126 valence electrons. The fourth-order valence-corrected chi connectivity index (χ4v) is 2.14. The average Bonchev–Trinajstić information content (AvgIpc) is 2.47. The summed E-state index contributed by atoms with van der Waals surface area (Å²) in [6, 6.07) is 6.15. The molecule has 22 heavy (non-hydrogen) atoms. The Kier molecular flexibility index (Phi) is 10.0. The number of nitrogens with zero attached hydrogens (tertiary/aromatic N) is 1. The molecule has 0 spiro atoms. The van der Waals surface area contributed by atoms with E-state index in [0.29, 0.717) is 6.54 Å². The van der Waals surface area contributed by atoms with Gasteiger partial charge in [-0.15, -0.1) is 12.4 Å². The molecule has 0 aliphatic rings. The topological polar surface area (TPSA) is 46.3 Å². The van der Waals surface area contributed by atoms with Gasteiger partial charge in [0.2, 0.25) is 5.91 Å². The van der Waals surface area contributed by atoms with E-state index in [4.69, 9.17) is 5.73 Å². The molecule has 0 fully saturated rings. The molecule has 0 aliphatic heterocycles. The first-order chi connectivity index (χ1) is 9.95. The van der Waals surface area contributed by atoms with E-state index in [1.54, 1.807) is 12.1 Å². The minimum Gasteiger partial charge on any atom is -0.338 e. The number of unbranched alkanes of at least 4 members (excludes halogenated alkanes) is 2. The quantitative estimate of drug-likeness (QED) is 0.738. The summed E-state index contributed by atoms with van der Waals surface area (Å²) < 4.78 is 13.0. The molecule has 0 aromatic heterocycles. The molecule has 1 aromatic rings. The van der Waals surface area contributed by atoms with Crippen molar-refractivity contribution in [3.63, 3.8) is 0 Å². The summed E-state index contributed by atoms with van der Waals surface area (Å²) in [6.45, 7) is 7.09. The highest BCUT2D eigenvalue weighted by Crippen LogP contribution is 2.13. The van der Waals surface area contributed by atoms with E-state index in [2.05, 4.69) is 6.92 Å². The average molecular weight is 331 g/mol. The summed E-state index contributed by atoms with van der Waals surface area (Å²) in [4.78, 5) is 14.4. The lowest BCUT2D eigenvalue weighted by Crippen LogP contribution is -2.41. The predicted octanol–water partition coefficient (Wildman–Crippen LogP) is 3.75. The Balaban J connectivity index is 0.00000441. The molecule has 0 saturated heterocycles. The van der Waals surface area contributed by atoms with E-state index >= 15 is 0 Å². The van der Waals surface area contributed by atoms with Crippen molar-refractivity contribution in [2.24, 2.45) is 11.7 Å². The Morgan fingerprint density at radius 1 is 1.23 bits per heavy atom. The van der Waals surface area contributed by atoms with Crippen molar-refractivity contribution in [1.29, 1.82) is 0 Å². The normalized spacial score (nSPS) is 13.1. The van der Waals surface area contributed by atoms with Crippen LogP contribution in [0.15, 0.2) is 24.3 Å². The Labute approximate surface area is 139 Å². The lowest BCUT2D eigenvalue weighted by molar-refractivity contribution is -0.136. The summed E-state index contributed by atoms with van der Waals surface area (Å²) in [5.41, 5.74) is 6.79. The summed E-state index contributed by atoms with van der Waals surface area (Å²) >= 11 is 0. The molecule has 0 heterocycles. The van der Waals surface area contributed by atoms with E-state index in [1.807, 2.05) is 18.7 Å². The van der Waals surface area contributed by atoms with Gasteiger partial charge in [-0.1, -0.05) is 38.8 Å². The van der Waals surface area contributed by atoms with Crippen molar-refractivity contribution >= 4 is 18.3 Å². The van der Waals surface area contributed by atoms with Crippen molar-refractivity contribution in [1.82, 2.24) is 4.90 Å². The van der Waals surface area contributed by atoms with Crippen LogP contribution >= 0.6 is 12.4 Å². The van der Waals surface area contributed by atoms with Gasteiger partial charge in [-0.3, -0.25) is 4.79 Å². The Bertz CT molecular complexity index is 437. The third-order valence-corrected chi connectivity index (χ3v) is 3.81. The van der Waals surface area contributed by atoms with Crippen molar-refractivity contribution in [2.45, 2.75) is 52.6 Å². The molecule has 0 radical (unpaired) electrons. The van der Waals surface area contributed by atoms with Gasteiger partial charge in [0.15, 0.2) is 0 Å². The number of hydrogen-bond acceptors (Lipinski definition) is 2. The fourth-order valence-electron chi connectivity index (χ4n) is 2.14. The molecular weight excluding hydrogens is 303 g/mol. The summed E-state index contributed by atoms with van der Waals surface area (Å²) in [7, 11) is 0. The SMILES string of the molecule is CCCCCN(Cc1ccc(F)cc1)C(=O)C(C)C(C)N.Cl. The van der Waals surface area contributed by atoms with Gasteiger partial charge in [0, 0.05) is 19.1 Å². The second-order valence-corrected chi connectivity index (χ2v) is 5.74. The van der Waals surface area contributed by atoms with Crippen LogP contribution in [0, 0.1) is 11.7 Å². The number of hydrogen-bond donors (Lipinski definition) is 1. The Morgan fingerprint density at radius 3 is 2.32 bits per heavy atom. The number of carbonyl (C=O) groups excluding carboxylic acids is 1. The Hall–Kier alpha value is -1.13. The molecule has 0 bridgehead atoms. The van der Waals surface area contributed by atoms with E-state index in [1.165, 1.54) is 12.1 Å². The van der Waals surface area contributed by atoms with E-state index in [-0.39, 0.29) is 36.1 Å². The molecule has 2 atom stereocenters. The summed E-state index contributed by atoms with van der Waals surface area (Å²) in [5.74, 6) is -0.385. The Morgan fingerprint density at radius 2 is 1.82 bits per heavy atom. The van der Waals surface area contributed by atoms with Gasteiger partial charge in [0.05, 0.1) is 5.92 Å². The van der Waals surface area contributed by atoms with Crippen molar-refractivity contribution < 1.29 is 9.18 Å². The molecular formula is C17H28ClFN2O. The third kappa shape index (κ3) is 6.75. The van der Waals surface area contributed by atoms with Crippen LogP contribution in [0.4, 0.5) is 4.39 Å². The first-order valence-corrected chi connectivity index (χ1v) is 7.74. The van der Waals surface area contributed by atoms with Gasteiger partial charge >= 0.3 is 0 Å². The lowest BCUT2D eigenvalue weighted by Gasteiger charge is -2.27. The van der Waals surface area contributed by atoms with Crippen LogP contribution < -0.4 is 5.73 Å². The number of carbonyl (C=O) groups is 1. The van der Waals surface area contributed by atoms with Gasteiger partial charge in [0.25, 0.3) is 0 Å². The largest absolute Gasteiger partial charge is 0.338 e. The fraction of sp³-hybridized carbons (Fsp3) is 0.588. The number of nitrogens with two attached hydrogens (primary N) is 1. The molecule has 1 rings (SSSR count). The second-order valence-electron chi connectivity index (χ2n) is 5.74. The van der Waals surface area contributed by atoms with E-state index < -0.39 is 0 Å². The van der Waals surface area contributed by atoms with Crippen LogP contribution in [-0.4, -0.2) is 23.4 Å². The standard InChI is InChI=1S/C17H27FN2O.ClH/c1-4-5-6-11-20(17(21)13(2)14(3)19)12-15-7-9-16(18)10-8-15;/h7-10,13-14H,4-6,11-12,19H2,1-3H3;1H. The number of halogens is 2. The molecule has 5 heteroatoms. The molecule has 2 N–H and O–H groups in total. The highest BCUT2D eigenvalue weighted by atomic mass is 35.5. The van der Waals surface area contributed by atoms with Crippen LogP contribution in [0.25, 0.3) is 0 Å². The van der Waals surface area contributed by atoms with Crippen LogP contribution in [-0.2, 0) is 11.3 Å². The van der Waals surface area contributed by atoms with Crippen molar-refractivity contribution in [2.75, 3.05) is 6.54 Å². The first-order valence-electron chi connectivity index (χ1n) is 7.74. The molecule has 0 aliphatic carbocycles. The highest BCUT2D eigenvalue weighted by Gasteiger charge is 2.23. The summed E-state index contributed by atoms with van der Waals surface area (Å²) in [6.07, 6.45) is 3.19. The smallest absolute Gasteiger partial charge is 0.227 e. The predicted molar refractivity (Wildman–Crippen MR) is 91.4 cm³/mol. The van der Waals surface area contributed by atoms with Gasteiger partial charge < -0.3 is 10.6 Å². The second kappa shape index (κ2) is 10.6. The zero-order valence-corrected chi connectivity index (χ0v) is 14.5. The van der Waals surface area contributed by atoms with Crippen LogP contribution in [0.1, 0.15) is 45.6 Å². The zero-order chi connectivity index (χ0) is 15.8. The molecule has 2 unspecified atom stereocenters. The minimum atomic E-state index is -0.258. The zero-order valence-electron chi connectivity index (χ0n) is 13.7. The number of benzene rings is 1. The maximum absolute atomic E-state index is 13.0. The van der Waals surface area contributed by atoms with E-state index in [9.17, 15) is 9.18 Å². The van der Waals surface area contributed by atoms with Gasteiger partial charge in [-0.2, -0.15) is 0 Å². The van der Waals surface area contributed by atoms with Crippen molar-refractivity contribution in [3.05, 3.63) is 35.6 Å². The summed E-state index contributed by atoms with van der Waals surface area (Å²) in [5, 5.41) is 0. The van der Waals surface area contributed by atoms with Crippen LogP contribution in [0.3, 0.4) is 0 Å². The van der Waals surface area contributed by atoms with Crippen molar-refractivity contribution in [3.8, 4) is 0 Å². The maximum Gasteiger partial charge on any atom is 0.227 e. The van der Waals surface area contributed by atoms with Gasteiger partial charge in [-0.05, 0) is 31.0 Å². The van der Waals surface area contributed by atoms with Gasteiger partial charge in [-0.25, -0.2) is 4.39 Å². The lowest BCUT2D eigenvalue weighted by atomic mass is 10.0. The van der Waals surface area contributed by atoms with Crippen LogP contribution in [0.2, 0.25) is 0 Å². The monoisotopic (exact) mass is 330 g/mol. The highest BCUT2D eigenvalue weighted by molar-refractivity contribution is 5.85. The molecule has 1 aromatic carbocycles. The van der Waals surface area contributed by atoms with Gasteiger partial charge in [0.1, 0.15) is 5.82 Å². The first kappa shape index (κ1) is 20.9. The molecule has 1 amide bonds.